The molecule has 1 saturated carbocycles. The van der Waals surface area contributed by atoms with Crippen molar-refractivity contribution in [3.8, 4) is 0 Å². The van der Waals surface area contributed by atoms with E-state index in [0.29, 0.717) is 5.25 Å². The zero-order valence-corrected chi connectivity index (χ0v) is 14.9. The number of allylic oxidation sites excluding steroid dienone is 4. The lowest BCUT2D eigenvalue weighted by molar-refractivity contribution is 0.310. The summed E-state index contributed by atoms with van der Waals surface area (Å²) in [5.74, 6) is 1.66. The number of hydrogen-bond acceptors (Lipinski definition) is 3. The molecule has 0 spiro atoms. The van der Waals surface area contributed by atoms with Gasteiger partial charge in [-0.2, -0.15) is 0 Å². The summed E-state index contributed by atoms with van der Waals surface area (Å²) in [6.45, 7) is 12.9. The lowest BCUT2D eigenvalue weighted by Gasteiger charge is -2.33. The van der Waals surface area contributed by atoms with Crippen molar-refractivity contribution in [2.75, 3.05) is 0 Å². The molecule has 1 nitrogen and oxygen atoms in total. The second-order valence-electron chi connectivity index (χ2n) is 5.89. The number of rotatable bonds is 6. The minimum Gasteiger partial charge on any atom is -0.311 e. The Labute approximate surface area is 133 Å². The van der Waals surface area contributed by atoms with Crippen molar-refractivity contribution in [1.29, 1.82) is 0 Å². The highest BCUT2D eigenvalue weighted by molar-refractivity contribution is 8.19. The third-order valence-electron chi connectivity index (χ3n) is 3.77. The Kier molecular flexibility index (Phi) is 8.08. The normalized spacial score (nSPS) is 29.6. The average Bonchev–Trinajstić information content (AvgIpc) is 2.37. The Balaban J connectivity index is 2.53. The van der Waals surface area contributed by atoms with Crippen molar-refractivity contribution in [2.24, 2.45) is 17.6 Å². The van der Waals surface area contributed by atoms with Crippen LogP contribution in [0.15, 0.2) is 35.3 Å². The van der Waals surface area contributed by atoms with Crippen LogP contribution in [0.3, 0.4) is 0 Å². The average molecular weight is 312 g/mol. The number of hydrogen-bond donors (Lipinski definition) is 1. The predicted octanol–water partition coefficient (Wildman–Crippen LogP) is 5.56. The van der Waals surface area contributed by atoms with Gasteiger partial charge in [-0.15, -0.1) is 11.8 Å². The molecular formula is C17H29NS2. The first-order chi connectivity index (χ1) is 9.43. The van der Waals surface area contributed by atoms with E-state index >= 15 is 0 Å². The second kappa shape index (κ2) is 9.01. The molecule has 0 aromatic carbocycles. The summed E-state index contributed by atoms with van der Waals surface area (Å²) in [4.78, 5) is 1.19. The first-order valence-corrected chi connectivity index (χ1v) is 9.32. The van der Waals surface area contributed by atoms with Gasteiger partial charge in [0.25, 0.3) is 0 Å². The molecule has 0 amide bonds. The summed E-state index contributed by atoms with van der Waals surface area (Å²) >= 11 is 3.68. The van der Waals surface area contributed by atoms with E-state index in [2.05, 4.69) is 32.6 Å². The van der Waals surface area contributed by atoms with Crippen molar-refractivity contribution in [2.45, 2.75) is 56.9 Å². The van der Waals surface area contributed by atoms with Crippen molar-refractivity contribution in [3.05, 3.63) is 35.3 Å². The first kappa shape index (κ1) is 17.9. The molecule has 0 aliphatic heterocycles. The highest BCUT2D eigenvalue weighted by Crippen LogP contribution is 2.41. The van der Waals surface area contributed by atoms with Gasteiger partial charge >= 0.3 is 0 Å². The molecule has 4 atom stereocenters. The summed E-state index contributed by atoms with van der Waals surface area (Å²) in [6, 6.07) is 0. The summed E-state index contributed by atoms with van der Waals surface area (Å²) in [6.07, 6.45) is 10.2. The van der Waals surface area contributed by atoms with Crippen LogP contribution in [0.4, 0.5) is 0 Å². The third kappa shape index (κ3) is 6.11. The maximum atomic E-state index is 6.33. The molecule has 0 radical (unpaired) electrons. The molecule has 4 unspecified atom stereocenters. The van der Waals surface area contributed by atoms with Crippen LogP contribution >= 0.6 is 23.5 Å². The molecule has 0 aromatic rings. The molecule has 1 fully saturated rings. The molecule has 1 aliphatic carbocycles. The van der Waals surface area contributed by atoms with E-state index in [0.717, 1.165) is 17.4 Å². The monoisotopic (exact) mass is 311 g/mol. The van der Waals surface area contributed by atoms with E-state index in [4.69, 9.17) is 5.73 Å². The van der Waals surface area contributed by atoms with Crippen LogP contribution in [0.2, 0.25) is 0 Å². The molecule has 0 heterocycles. The van der Waals surface area contributed by atoms with Gasteiger partial charge in [-0.1, -0.05) is 44.3 Å². The Bertz CT molecular complexity index is 373. The fourth-order valence-corrected chi connectivity index (χ4v) is 5.20. The quantitative estimate of drug-likeness (QED) is 0.514. The van der Waals surface area contributed by atoms with Crippen molar-refractivity contribution in [3.63, 3.8) is 0 Å². The molecule has 20 heavy (non-hydrogen) atoms. The van der Waals surface area contributed by atoms with Gasteiger partial charge < -0.3 is 5.73 Å². The Morgan fingerprint density at radius 3 is 2.60 bits per heavy atom. The summed E-state index contributed by atoms with van der Waals surface area (Å²) in [5.41, 5.74) is 7.42. The molecule has 1 aliphatic rings. The van der Waals surface area contributed by atoms with Crippen LogP contribution in [0, 0.1) is 11.8 Å². The molecule has 0 bridgehead atoms. The molecule has 2 N–H and O–H groups in total. The van der Waals surface area contributed by atoms with Gasteiger partial charge in [0, 0.05) is 10.2 Å². The first-order valence-electron chi connectivity index (χ1n) is 7.50. The highest BCUT2D eigenvalue weighted by Gasteiger charge is 2.27. The van der Waals surface area contributed by atoms with Crippen LogP contribution < -0.4 is 5.73 Å². The largest absolute Gasteiger partial charge is 0.311 e. The SMILES string of the molecule is C=C(C)/C(=C\C=C\C)SC(N)SC1CCC(C)CC1C. The van der Waals surface area contributed by atoms with Crippen LogP contribution in [-0.4, -0.2) is 9.96 Å². The molecule has 0 saturated heterocycles. The molecule has 114 valence electrons. The van der Waals surface area contributed by atoms with Crippen molar-refractivity contribution >= 4 is 23.5 Å². The van der Waals surface area contributed by atoms with E-state index in [-0.39, 0.29) is 4.71 Å². The van der Waals surface area contributed by atoms with Crippen molar-refractivity contribution < 1.29 is 0 Å². The minimum absolute atomic E-state index is 0.101. The Hall–Kier alpha value is -0.120. The van der Waals surface area contributed by atoms with Gasteiger partial charge in [0.15, 0.2) is 0 Å². The predicted molar refractivity (Wildman–Crippen MR) is 96.8 cm³/mol. The standard InChI is InChI=1S/C17H29NS2/c1-6-7-8-15(12(2)3)19-17(18)20-16-10-9-13(4)11-14(16)5/h6-8,13-14,16-17H,2,9-11,18H2,1,3-5H3/b7-6+,15-8+. The topological polar surface area (TPSA) is 26.0 Å². The maximum Gasteiger partial charge on any atom is 0.103 e. The summed E-state index contributed by atoms with van der Waals surface area (Å²) in [5, 5.41) is 0.710. The zero-order chi connectivity index (χ0) is 15.1. The molecular weight excluding hydrogens is 282 g/mol. The lowest BCUT2D eigenvalue weighted by Crippen LogP contribution is -2.27. The van der Waals surface area contributed by atoms with Crippen LogP contribution in [-0.2, 0) is 0 Å². The fourth-order valence-electron chi connectivity index (χ4n) is 2.63. The van der Waals surface area contributed by atoms with Gasteiger partial charge in [-0.25, -0.2) is 0 Å². The van der Waals surface area contributed by atoms with Crippen LogP contribution in [0.1, 0.15) is 47.0 Å². The van der Waals surface area contributed by atoms with E-state index in [1.54, 1.807) is 11.8 Å². The summed E-state index contributed by atoms with van der Waals surface area (Å²) < 4.78 is 0.101. The van der Waals surface area contributed by atoms with Gasteiger partial charge in [0.05, 0.1) is 0 Å². The summed E-state index contributed by atoms with van der Waals surface area (Å²) in [7, 11) is 0. The zero-order valence-electron chi connectivity index (χ0n) is 13.3. The van der Waals surface area contributed by atoms with E-state index in [1.165, 1.54) is 24.2 Å². The van der Waals surface area contributed by atoms with Gasteiger partial charge in [0.2, 0.25) is 0 Å². The third-order valence-corrected chi connectivity index (χ3v) is 6.68. The van der Waals surface area contributed by atoms with Gasteiger partial charge in [-0.3, -0.25) is 0 Å². The fraction of sp³-hybridized carbons (Fsp3) is 0.647. The van der Waals surface area contributed by atoms with Crippen molar-refractivity contribution in [1.82, 2.24) is 0 Å². The maximum absolute atomic E-state index is 6.33. The van der Waals surface area contributed by atoms with E-state index in [1.807, 2.05) is 31.7 Å². The number of nitrogens with two attached hydrogens (primary N) is 1. The van der Waals surface area contributed by atoms with E-state index < -0.39 is 0 Å². The van der Waals surface area contributed by atoms with Crippen LogP contribution in [0.25, 0.3) is 0 Å². The second-order valence-corrected chi connectivity index (χ2v) is 8.76. The lowest BCUT2D eigenvalue weighted by atomic mass is 9.83. The van der Waals surface area contributed by atoms with Gasteiger partial charge in [0.1, 0.15) is 4.71 Å². The molecule has 0 aromatic heterocycles. The van der Waals surface area contributed by atoms with Crippen LogP contribution in [0.5, 0.6) is 0 Å². The Morgan fingerprint density at radius 1 is 1.35 bits per heavy atom. The smallest absolute Gasteiger partial charge is 0.103 e. The van der Waals surface area contributed by atoms with E-state index in [9.17, 15) is 0 Å². The molecule has 3 heteroatoms. The Morgan fingerprint density at radius 2 is 2.05 bits per heavy atom. The molecule has 1 rings (SSSR count). The number of thioether (sulfide) groups is 2. The minimum atomic E-state index is 0.101. The highest BCUT2D eigenvalue weighted by atomic mass is 32.2. The van der Waals surface area contributed by atoms with Gasteiger partial charge in [-0.05, 0) is 56.6 Å².